The number of hydrogen-bond acceptors (Lipinski definition) is 6. The molecule has 0 amide bonds. The molecule has 144 valence electrons. The van der Waals surface area contributed by atoms with Crippen LogP contribution in [0.15, 0.2) is 69.9 Å². The summed E-state index contributed by atoms with van der Waals surface area (Å²) in [6.45, 7) is 0. The molecule has 0 radical (unpaired) electrons. The first kappa shape index (κ1) is 18.2. The zero-order valence-electron chi connectivity index (χ0n) is 15.4. The van der Waals surface area contributed by atoms with Crippen molar-refractivity contribution >= 4 is 33.5 Å². The lowest BCUT2D eigenvalue weighted by atomic mass is 10.1. The first-order chi connectivity index (χ1) is 13.9. The highest BCUT2D eigenvalue weighted by Gasteiger charge is 2.17. The monoisotopic (exact) mass is 388 g/mol. The molecule has 0 aliphatic heterocycles. The zero-order valence-corrected chi connectivity index (χ0v) is 15.4. The van der Waals surface area contributed by atoms with Gasteiger partial charge in [0.05, 0.1) is 7.11 Å². The van der Waals surface area contributed by atoms with Crippen LogP contribution in [0.25, 0.3) is 21.7 Å². The number of nitrogens with one attached hydrogen (secondary N) is 1. The maximum atomic E-state index is 12.5. The van der Waals surface area contributed by atoms with Gasteiger partial charge in [0.1, 0.15) is 28.5 Å². The molecule has 7 nitrogen and oxygen atoms in total. The molecule has 0 spiro atoms. The second-order valence-corrected chi connectivity index (χ2v) is 6.38. The van der Waals surface area contributed by atoms with Crippen molar-refractivity contribution in [1.82, 2.24) is 0 Å². The standard InChI is InChI=1S/C22H16N2O5/c1-27-16-6-5-14-10-18(22(26)29-19(14)11-16)21(25)28-17-7-4-12-8-15(20(23)24)3-2-13(12)9-17/h2-11H,1H3,(H3,23,24). The molecule has 0 aliphatic carbocycles. The van der Waals surface area contributed by atoms with Gasteiger partial charge < -0.3 is 19.6 Å². The second-order valence-electron chi connectivity index (χ2n) is 6.38. The van der Waals surface area contributed by atoms with E-state index in [1.54, 1.807) is 54.6 Å². The molecule has 7 heteroatoms. The minimum atomic E-state index is -0.809. The van der Waals surface area contributed by atoms with Gasteiger partial charge in [0, 0.05) is 17.0 Å². The molecule has 0 saturated heterocycles. The van der Waals surface area contributed by atoms with Gasteiger partial charge in [-0.25, -0.2) is 9.59 Å². The molecule has 29 heavy (non-hydrogen) atoms. The van der Waals surface area contributed by atoms with E-state index in [-0.39, 0.29) is 17.1 Å². The highest BCUT2D eigenvalue weighted by atomic mass is 16.5. The van der Waals surface area contributed by atoms with Crippen molar-refractivity contribution in [2.75, 3.05) is 7.11 Å². The molecule has 3 N–H and O–H groups in total. The Labute approximate surface area is 164 Å². The Morgan fingerprint density at radius 2 is 1.62 bits per heavy atom. The number of ether oxygens (including phenoxy) is 2. The van der Waals surface area contributed by atoms with Crippen LogP contribution in [0.2, 0.25) is 0 Å². The van der Waals surface area contributed by atoms with Crippen molar-refractivity contribution in [1.29, 1.82) is 5.41 Å². The Hall–Kier alpha value is -4.13. The average molecular weight is 388 g/mol. The number of carbonyl (C=O) groups is 1. The van der Waals surface area contributed by atoms with Gasteiger partial charge >= 0.3 is 11.6 Å². The zero-order chi connectivity index (χ0) is 20.5. The Bertz CT molecular complexity index is 1340. The summed E-state index contributed by atoms with van der Waals surface area (Å²) in [4.78, 5) is 24.8. The van der Waals surface area contributed by atoms with Crippen molar-refractivity contribution in [3.63, 3.8) is 0 Å². The summed E-state index contributed by atoms with van der Waals surface area (Å²) in [6.07, 6.45) is 0. The minimum absolute atomic E-state index is 0.0250. The van der Waals surface area contributed by atoms with Crippen LogP contribution in [0.3, 0.4) is 0 Å². The van der Waals surface area contributed by atoms with Gasteiger partial charge in [0.2, 0.25) is 0 Å². The third kappa shape index (κ3) is 3.53. The number of rotatable bonds is 4. The van der Waals surface area contributed by atoms with Crippen molar-refractivity contribution in [3.05, 3.63) is 82.2 Å². The van der Waals surface area contributed by atoms with Crippen molar-refractivity contribution in [3.8, 4) is 11.5 Å². The minimum Gasteiger partial charge on any atom is -0.497 e. The lowest BCUT2D eigenvalue weighted by Crippen LogP contribution is -2.18. The first-order valence-electron chi connectivity index (χ1n) is 8.67. The van der Waals surface area contributed by atoms with E-state index < -0.39 is 11.6 Å². The summed E-state index contributed by atoms with van der Waals surface area (Å²) in [5.41, 5.74) is 5.44. The molecule has 1 heterocycles. The van der Waals surface area contributed by atoms with E-state index >= 15 is 0 Å². The number of benzene rings is 3. The normalized spacial score (nSPS) is 10.8. The van der Waals surface area contributed by atoms with Crippen LogP contribution in [0.1, 0.15) is 15.9 Å². The summed E-state index contributed by atoms with van der Waals surface area (Å²) in [6, 6.07) is 16.7. The highest BCUT2D eigenvalue weighted by Crippen LogP contribution is 2.24. The summed E-state index contributed by atoms with van der Waals surface area (Å²) < 4.78 is 15.7. The number of nitrogen functional groups attached to an aromatic ring is 1. The number of methoxy groups -OCH3 is 1. The maximum absolute atomic E-state index is 12.5. The SMILES string of the molecule is COc1ccc2cc(C(=O)Oc3ccc4cc(C(=N)N)ccc4c3)c(=O)oc2c1. The molecule has 0 fully saturated rings. The smallest absolute Gasteiger partial charge is 0.351 e. The van der Waals surface area contributed by atoms with Crippen molar-refractivity contribution < 1.29 is 18.7 Å². The van der Waals surface area contributed by atoms with Gasteiger partial charge in [-0.15, -0.1) is 0 Å². The number of hydrogen-bond donors (Lipinski definition) is 2. The van der Waals surface area contributed by atoms with E-state index in [9.17, 15) is 9.59 Å². The maximum Gasteiger partial charge on any atom is 0.351 e. The largest absolute Gasteiger partial charge is 0.497 e. The fourth-order valence-electron chi connectivity index (χ4n) is 2.98. The summed E-state index contributed by atoms with van der Waals surface area (Å²) in [7, 11) is 1.51. The Kier molecular flexibility index (Phi) is 4.48. The van der Waals surface area contributed by atoms with Crippen molar-refractivity contribution in [2.24, 2.45) is 5.73 Å². The number of fused-ring (bicyclic) bond motifs is 2. The van der Waals surface area contributed by atoms with Crippen molar-refractivity contribution in [2.45, 2.75) is 0 Å². The molecule has 1 aromatic heterocycles. The summed E-state index contributed by atoms with van der Waals surface area (Å²) in [5, 5.41) is 9.73. The number of amidine groups is 1. The Morgan fingerprint density at radius 3 is 2.38 bits per heavy atom. The van der Waals surface area contributed by atoms with E-state index in [4.69, 9.17) is 25.0 Å². The molecule has 0 saturated carbocycles. The quantitative estimate of drug-likeness (QED) is 0.182. The summed E-state index contributed by atoms with van der Waals surface area (Å²) in [5.74, 6) is -0.00778. The van der Waals surface area contributed by atoms with Crippen LogP contribution in [-0.4, -0.2) is 18.9 Å². The highest BCUT2D eigenvalue weighted by molar-refractivity contribution is 5.99. The third-order valence-electron chi connectivity index (χ3n) is 4.50. The summed E-state index contributed by atoms with van der Waals surface area (Å²) >= 11 is 0. The van der Waals surface area contributed by atoms with Crippen LogP contribution in [0, 0.1) is 5.41 Å². The number of nitrogens with two attached hydrogens (primary N) is 1. The van der Waals surface area contributed by atoms with E-state index in [1.807, 2.05) is 0 Å². The Balaban J connectivity index is 1.65. The molecule has 0 aliphatic rings. The molecule has 0 unspecified atom stereocenters. The number of esters is 1. The van der Waals surface area contributed by atoms with E-state index in [2.05, 4.69) is 0 Å². The van der Waals surface area contributed by atoms with Gasteiger partial charge in [-0.1, -0.05) is 18.2 Å². The first-order valence-corrected chi connectivity index (χ1v) is 8.67. The molecular formula is C22H16N2O5. The van der Waals surface area contributed by atoms with Gasteiger partial charge in [-0.2, -0.15) is 0 Å². The van der Waals surface area contributed by atoms with Crippen LogP contribution >= 0.6 is 0 Å². The second kappa shape index (κ2) is 7.12. The lowest BCUT2D eigenvalue weighted by Gasteiger charge is -2.07. The molecule has 4 aromatic rings. The van der Waals surface area contributed by atoms with Gasteiger partial charge in [-0.3, -0.25) is 5.41 Å². The predicted molar refractivity (Wildman–Crippen MR) is 109 cm³/mol. The lowest BCUT2D eigenvalue weighted by molar-refractivity contribution is 0.0731. The average Bonchev–Trinajstić information content (AvgIpc) is 2.72. The fourth-order valence-corrected chi connectivity index (χ4v) is 2.98. The molecule has 4 rings (SSSR count). The molecule has 0 atom stereocenters. The molecule has 3 aromatic carbocycles. The van der Waals surface area contributed by atoms with Gasteiger partial charge in [0.15, 0.2) is 0 Å². The molecular weight excluding hydrogens is 372 g/mol. The molecule has 0 bridgehead atoms. The number of carbonyl (C=O) groups excluding carboxylic acids is 1. The van der Waals surface area contributed by atoms with Crippen LogP contribution in [0.4, 0.5) is 0 Å². The van der Waals surface area contributed by atoms with Gasteiger partial charge in [-0.05, 0) is 47.2 Å². The van der Waals surface area contributed by atoms with E-state index in [0.717, 1.165) is 10.8 Å². The predicted octanol–water partition coefficient (Wildman–Crippen LogP) is 3.46. The van der Waals surface area contributed by atoms with E-state index in [0.29, 0.717) is 22.3 Å². The van der Waals surface area contributed by atoms with E-state index in [1.165, 1.54) is 13.2 Å². The van der Waals surface area contributed by atoms with Crippen LogP contribution < -0.4 is 20.8 Å². The fraction of sp³-hybridized carbons (Fsp3) is 0.0455. The third-order valence-corrected chi connectivity index (χ3v) is 4.50. The topological polar surface area (TPSA) is 116 Å². The van der Waals surface area contributed by atoms with Crippen LogP contribution in [0.5, 0.6) is 11.5 Å². The van der Waals surface area contributed by atoms with Crippen LogP contribution in [-0.2, 0) is 0 Å². The van der Waals surface area contributed by atoms with Gasteiger partial charge in [0.25, 0.3) is 0 Å². The Morgan fingerprint density at radius 1 is 0.931 bits per heavy atom.